The average molecular weight is 229 g/mol. The van der Waals surface area contributed by atoms with E-state index >= 15 is 0 Å². The number of amides is 1. The number of carbonyl (C=O) groups excluding carboxylic acids is 1. The van der Waals surface area contributed by atoms with Crippen molar-refractivity contribution in [2.45, 2.75) is 12.6 Å². The van der Waals surface area contributed by atoms with Gasteiger partial charge < -0.3 is 10.2 Å². The zero-order valence-electron chi connectivity index (χ0n) is 9.81. The predicted octanol–water partition coefficient (Wildman–Crippen LogP) is 0.637. The maximum atomic E-state index is 12.3. The van der Waals surface area contributed by atoms with Gasteiger partial charge in [0.15, 0.2) is 5.66 Å². The van der Waals surface area contributed by atoms with Crippen LogP contribution in [-0.2, 0) is 4.79 Å². The van der Waals surface area contributed by atoms with E-state index in [4.69, 9.17) is 0 Å². The zero-order chi connectivity index (χ0) is 11.9. The van der Waals surface area contributed by atoms with Crippen LogP contribution >= 0.6 is 0 Å². The second-order valence-electron chi connectivity index (χ2n) is 4.46. The average Bonchev–Trinajstić information content (AvgIpc) is 2.63. The molecule has 0 aromatic heterocycles. The Balaban J connectivity index is 2.01. The van der Waals surface area contributed by atoms with E-state index < -0.39 is 0 Å². The molecule has 88 valence electrons. The molecular weight excluding hydrogens is 214 g/mol. The number of nitrogens with zero attached hydrogens (tertiary/aromatic N) is 2. The molecule has 17 heavy (non-hydrogen) atoms. The van der Waals surface area contributed by atoms with Gasteiger partial charge in [-0.1, -0.05) is 30.3 Å². The van der Waals surface area contributed by atoms with Crippen molar-refractivity contribution in [3.8, 4) is 0 Å². The highest BCUT2D eigenvalue weighted by Crippen LogP contribution is 2.29. The Labute approximate surface area is 100 Å². The van der Waals surface area contributed by atoms with Crippen molar-refractivity contribution < 1.29 is 4.79 Å². The van der Waals surface area contributed by atoms with Gasteiger partial charge >= 0.3 is 0 Å². The van der Waals surface area contributed by atoms with E-state index in [9.17, 15) is 4.79 Å². The van der Waals surface area contributed by atoms with Crippen LogP contribution in [0.1, 0.15) is 12.5 Å². The summed E-state index contributed by atoms with van der Waals surface area (Å²) in [6.45, 7) is 4.24. The Morgan fingerprint density at radius 2 is 2.06 bits per heavy atom. The highest BCUT2D eigenvalue weighted by molar-refractivity contribution is 6.46. The molecule has 0 atom stereocenters. The van der Waals surface area contributed by atoms with Crippen LogP contribution in [0.5, 0.6) is 0 Å². The molecule has 3 rings (SSSR count). The first-order valence-electron chi connectivity index (χ1n) is 5.95. The van der Waals surface area contributed by atoms with Crippen LogP contribution in [0.3, 0.4) is 0 Å². The quantitative estimate of drug-likeness (QED) is 0.808. The van der Waals surface area contributed by atoms with Crippen molar-refractivity contribution in [1.82, 2.24) is 10.2 Å². The van der Waals surface area contributed by atoms with Gasteiger partial charge in [-0.05, 0) is 6.92 Å². The van der Waals surface area contributed by atoms with Gasteiger partial charge in [-0.25, -0.2) is 4.99 Å². The summed E-state index contributed by atoms with van der Waals surface area (Å²) in [5, 5.41) is 3.20. The minimum Gasteiger partial charge on any atom is -0.310 e. The predicted molar refractivity (Wildman–Crippen MR) is 66.0 cm³/mol. The lowest BCUT2D eigenvalue weighted by Gasteiger charge is -2.43. The normalized spacial score (nSPS) is 21.6. The van der Waals surface area contributed by atoms with E-state index in [0.29, 0.717) is 12.3 Å². The molecule has 1 spiro atoms. The summed E-state index contributed by atoms with van der Waals surface area (Å²) < 4.78 is 0. The molecule has 4 heteroatoms. The summed E-state index contributed by atoms with van der Waals surface area (Å²) >= 11 is 0. The Morgan fingerprint density at radius 1 is 1.35 bits per heavy atom. The van der Waals surface area contributed by atoms with Gasteiger partial charge in [-0.3, -0.25) is 4.79 Å². The van der Waals surface area contributed by atoms with Crippen LogP contribution in [0.4, 0.5) is 0 Å². The molecule has 1 aromatic rings. The molecule has 2 heterocycles. The Hall–Kier alpha value is -1.68. The summed E-state index contributed by atoms with van der Waals surface area (Å²) in [6.07, 6.45) is 0. The summed E-state index contributed by atoms with van der Waals surface area (Å²) in [5.41, 5.74) is 1.21. The Morgan fingerprint density at radius 3 is 2.53 bits per heavy atom. The van der Waals surface area contributed by atoms with E-state index in [1.54, 1.807) is 0 Å². The molecular formula is C13H15N3O. The molecule has 1 amide bonds. The first-order valence-corrected chi connectivity index (χ1v) is 5.95. The minimum atomic E-state index is -0.309. The third kappa shape index (κ3) is 1.41. The fraction of sp³-hybridized carbons (Fsp3) is 0.385. The topological polar surface area (TPSA) is 44.7 Å². The number of carbonyl (C=O) groups is 1. The third-order valence-corrected chi connectivity index (χ3v) is 3.45. The molecule has 2 aliphatic heterocycles. The number of likely N-dealkylation sites (N-methyl/N-ethyl adjacent to an activating group) is 1. The fourth-order valence-electron chi connectivity index (χ4n) is 2.47. The Bertz CT molecular complexity index is 477. The highest BCUT2D eigenvalue weighted by Gasteiger charge is 2.50. The molecule has 0 unspecified atom stereocenters. The molecule has 2 aliphatic rings. The van der Waals surface area contributed by atoms with Crippen LogP contribution in [0, 0.1) is 0 Å². The molecule has 1 aromatic carbocycles. The third-order valence-electron chi connectivity index (χ3n) is 3.45. The van der Waals surface area contributed by atoms with Gasteiger partial charge in [0.1, 0.15) is 5.71 Å². The summed E-state index contributed by atoms with van der Waals surface area (Å²) in [6, 6.07) is 9.70. The lowest BCUT2D eigenvalue weighted by atomic mass is 10.0. The first-order chi connectivity index (χ1) is 8.27. The van der Waals surface area contributed by atoms with E-state index in [1.165, 1.54) is 0 Å². The first kappa shape index (κ1) is 10.5. The summed E-state index contributed by atoms with van der Waals surface area (Å²) in [7, 11) is 0. The lowest BCUT2D eigenvalue weighted by molar-refractivity contribution is -0.129. The second-order valence-corrected chi connectivity index (χ2v) is 4.46. The number of benzene rings is 1. The molecule has 4 nitrogen and oxygen atoms in total. The van der Waals surface area contributed by atoms with Gasteiger partial charge in [0.25, 0.3) is 5.91 Å². The van der Waals surface area contributed by atoms with Crippen LogP contribution in [-0.4, -0.2) is 41.8 Å². The van der Waals surface area contributed by atoms with Crippen molar-refractivity contribution in [3.05, 3.63) is 35.9 Å². The van der Waals surface area contributed by atoms with Gasteiger partial charge in [-0.2, -0.15) is 0 Å². The van der Waals surface area contributed by atoms with Crippen molar-refractivity contribution in [2.24, 2.45) is 4.99 Å². The lowest BCUT2D eigenvalue weighted by Crippen LogP contribution is -2.66. The van der Waals surface area contributed by atoms with E-state index in [1.807, 2.05) is 42.2 Å². The zero-order valence-corrected chi connectivity index (χ0v) is 9.81. The fourth-order valence-corrected chi connectivity index (χ4v) is 2.47. The molecule has 0 saturated carbocycles. The summed E-state index contributed by atoms with van der Waals surface area (Å²) in [4.78, 5) is 18.8. The monoisotopic (exact) mass is 229 g/mol. The molecule has 1 saturated heterocycles. The van der Waals surface area contributed by atoms with Gasteiger partial charge in [0, 0.05) is 25.2 Å². The smallest absolute Gasteiger partial charge is 0.274 e. The number of nitrogens with one attached hydrogen (secondary N) is 1. The molecule has 0 radical (unpaired) electrons. The van der Waals surface area contributed by atoms with Crippen LogP contribution in [0.25, 0.3) is 0 Å². The van der Waals surface area contributed by atoms with Gasteiger partial charge in [0.05, 0.1) is 0 Å². The van der Waals surface area contributed by atoms with Crippen LogP contribution in [0.15, 0.2) is 35.3 Å². The number of hydrogen-bond donors (Lipinski definition) is 1. The van der Waals surface area contributed by atoms with Crippen molar-refractivity contribution in [3.63, 3.8) is 0 Å². The largest absolute Gasteiger partial charge is 0.310 e. The van der Waals surface area contributed by atoms with E-state index in [0.717, 1.165) is 18.7 Å². The maximum absolute atomic E-state index is 12.3. The maximum Gasteiger partial charge on any atom is 0.274 e. The number of rotatable bonds is 2. The van der Waals surface area contributed by atoms with Gasteiger partial charge in [0.2, 0.25) is 0 Å². The van der Waals surface area contributed by atoms with Crippen LogP contribution < -0.4 is 5.32 Å². The number of aliphatic imine (C=N–C) groups is 1. The van der Waals surface area contributed by atoms with Crippen molar-refractivity contribution >= 4 is 11.6 Å². The van der Waals surface area contributed by atoms with Gasteiger partial charge in [-0.15, -0.1) is 0 Å². The highest BCUT2D eigenvalue weighted by atomic mass is 16.2. The standard InChI is InChI=1S/C13H15N3O/c1-2-16-12(17)11(10-6-4-3-5-7-10)15-13(16)8-14-9-13/h3-7,14H,2,8-9H2,1H3. The second kappa shape index (κ2) is 3.67. The van der Waals surface area contributed by atoms with Crippen LogP contribution in [0.2, 0.25) is 0 Å². The van der Waals surface area contributed by atoms with Crippen molar-refractivity contribution in [2.75, 3.05) is 19.6 Å². The number of hydrogen-bond acceptors (Lipinski definition) is 3. The molecule has 1 fully saturated rings. The molecule has 1 N–H and O–H groups in total. The summed E-state index contributed by atoms with van der Waals surface area (Å²) in [5.74, 6) is 0.0557. The SMILES string of the molecule is CCN1C(=O)C(c2ccccc2)=NC12CNC2. The minimum absolute atomic E-state index is 0.0557. The van der Waals surface area contributed by atoms with E-state index in [-0.39, 0.29) is 11.6 Å². The van der Waals surface area contributed by atoms with Crippen molar-refractivity contribution in [1.29, 1.82) is 0 Å². The van der Waals surface area contributed by atoms with E-state index in [2.05, 4.69) is 10.3 Å². The molecule has 0 aliphatic carbocycles. The molecule has 0 bridgehead atoms. The Kier molecular flexibility index (Phi) is 2.26.